The summed E-state index contributed by atoms with van der Waals surface area (Å²) in [5.41, 5.74) is 0.339. The molecule has 0 fully saturated rings. The lowest BCUT2D eigenvalue weighted by Crippen LogP contribution is -2.30. The lowest BCUT2D eigenvalue weighted by atomic mass is 10.2. The van der Waals surface area contributed by atoms with Gasteiger partial charge in [0.1, 0.15) is 5.69 Å². The third-order valence-corrected chi connectivity index (χ3v) is 2.22. The van der Waals surface area contributed by atoms with Gasteiger partial charge < -0.3 is 10.0 Å². The molecule has 0 aliphatic rings. The van der Waals surface area contributed by atoms with Gasteiger partial charge in [-0.1, -0.05) is 13.8 Å². The summed E-state index contributed by atoms with van der Waals surface area (Å²) in [6, 6.07) is 2.81. The first-order valence-electron chi connectivity index (χ1n) is 5.36. The van der Waals surface area contributed by atoms with Gasteiger partial charge in [-0.05, 0) is 18.1 Å². The maximum atomic E-state index is 11.9. The van der Waals surface area contributed by atoms with E-state index in [-0.39, 0.29) is 11.6 Å². The molecule has 0 atom stereocenters. The average molecular weight is 236 g/mol. The highest BCUT2D eigenvalue weighted by molar-refractivity contribution is 5.94. The Morgan fingerprint density at radius 1 is 1.41 bits per heavy atom. The Labute approximate surface area is 100 Å². The molecule has 1 N–H and O–H groups in total. The monoisotopic (exact) mass is 236 g/mol. The van der Waals surface area contributed by atoms with E-state index in [9.17, 15) is 9.59 Å². The molecular weight excluding hydrogens is 220 g/mol. The van der Waals surface area contributed by atoms with E-state index in [0.29, 0.717) is 18.0 Å². The molecule has 5 heteroatoms. The van der Waals surface area contributed by atoms with E-state index in [1.54, 1.807) is 11.9 Å². The SMILES string of the molecule is CC(C)CN(C)C(=O)c1ccc(C(=O)O)nc1. The summed E-state index contributed by atoms with van der Waals surface area (Å²) in [5.74, 6) is -0.863. The molecule has 0 saturated carbocycles. The van der Waals surface area contributed by atoms with Gasteiger partial charge in [-0.2, -0.15) is 0 Å². The first kappa shape index (κ1) is 13.2. The number of amides is 1. The van der Waals surface area contributed by atoms with E-state index >= 15 is 0 Å². The second kappa shape index (κ2) is 5.43. The molecule has 0 aliphatic heterocycles. The number of carboxylic acid groups (broad SMARTS) is 1. The van der Waals surface area contributed by atoms with E-state index in [2.05, 4.69) is 4.98 Å². The Balaban J connectivity index is 2.79. The summed E-state index contributed by atoms with van der Waals surface area (Å²) >= 11 is 0. The number of hydrogen-bond acceptors (Lipinski definition) is 3. The molecule has 0 radical (unpaired) electrons. The van der Waals surface area contributed by atoms with Gasteiger partial charge in [0.05, 0.1) is 5.56 Å². The molecule has 92 valence electrons. The number of aromatic carboxylic acids is 1. The van der Waals surface area contributed by atoms with Crippen molar-refractivity contribution in [1.29, 1.82) is 0 Å². The molecule has 0 aliphatic carbocycles. The highest BCUT2D eigenvalue weighted by Crippen LogP contribution is 2.06. The average Bonchev–Trinajstić information content (AvgIpc) is 2.27. The van der Waals surface area contributed by atoms with Crippen LogP contribution in [0.4, 0.5) is 0 Å². The molecule has 1 rings (SSSR count). The van der Waals surface area contributed by atoms with Crippen molar-refractivity contribution >= 4 is 11.9 Å². The number of carbonyl (C=O) groups excluding carboxylic acids is 1. The quantitative estimate of drug-likeness (QED) is 0.860. The van der Waals surface area contributed by atoms with Crippen LogP contribution >= 0.6 is 0 Å². The van der Waals surface area contributed by atoms with E-state index in [4.69, 9.17) is 5.11 Å². The zero-order chi connectivity index (χ0) is 13.0. The summed E-state index contributed by atoms with van der Waals surface area (Å²) in [6.45, 7) is 4.70. The summed E-state index contributed by atoms with van der Waals surface area (Å²) in [6.07, 6.45) is 1.29. The van der Waals surface area contributed by atoms with Crippen LogP contribution in [0, 0.1) is 5.92 Å². The number of pyridine rings is 1. The number of rotatable bonds is 4. The predicted octanol–water partition coefficient (Wildman–Crippen LogP) is 1.51. The van der Waals surface area contributed by atoms with Crippen LogP contribution in [0.25, 0.3) is 0 Å². The minimum atomic E-state index is -1.10. The van der Waals surface area contributed by atoms with Crippen molar-refractivity contribution in [2.24, 2.45) is 5.92 Å². The molecule has 17 heavy (non-hydrogen) atoms. The molecule has 0 unspecified atom stereocenters. The van der Waals surface area contributed by atoms with Crippen molar-refractivity contribution in [1.82, 2.24) is 9.88 Å². The minimum absolute atomic E-state index is 0.0620. The van der Waals surface area contributed by atoms with Crippen molar-refractivity contribution in [3.05, 3.63) is 29.6 Å². The van der Waals surface area contributed by atoms with Crippen LogP contribution < -0.4 is 0 Å². The number of aromatic nitrogens is 1. The molecule has 1 aromatic heterocycles. The highest BCUT2D eigenvalue weighted by Gasteiger charge is 2.14. The van der Waals surface area contributed by atoms with Gasteiger partial charge in [-0.25, -0.2) is 9.78 Å². The van der Waals surface area contributed by atoms with E-state index in [1.807, 2.05) is 13.8 Å². The van der Waals surface area contributed by atoms with Crippen molar-refractivity contribution in [2.45, 2.75) is 13.8 Å². The highest BCUT2D eigenvalue weighted by atomic mass is 16.4. The largest absolute Gasteiger partial charge is 0.477 e. The molecule has 0 saturated heterocycles. The number of nitrogens with zero attached hydrogens (tertiary/aromatic N) is 2. The Kier molecular flexibility index (Phi) is 4.20. The lowest BCUT2D eigenvalue weighted by molar-refractivity contribution is 0.0688. The Bertz CT molecular complexity index is 412. The first-order valence-corrected chi connectivity index (χ1v) is 5.36. The molecule has 0 bridgehead atoms. The van der Waals surface area contributed by atoms with Crippen molar-refractivity contribution in [2.75, 3.05) is 13.6 Å². The smallest absolute Gasteiger partial charge is 0.354 e. The zero-order valence-corrected chi connectivity index (χ0v) is 10.2. The molecule has 1 heterocycles. The first-order chi connectivity index (χ1) is 7.91. The Morgan fingerprint density at radius 2 is 2.06 bits per heavy atom. The fourth-order valence-electron chi connectivity index (χ4n) is 1.50. The van der Waals surface area contributed by atoms with E-state index < -0.39 is 5.97 Å². The molecule has 0 aromatic carbocycles. The second-order valence-electron chi connectivity index (χ2n) is 4.32. The second-order valence-corrected chi connectivity index (χ2v) is 4.32. The standard InChI is InChI=1S/C12H16N2O3/c1-8(2)7-14(3)11(15)9-4-5-10(12(16)17)13-6-9/h4-6,8H,7H2,1-3H3,(H,16,17). The van der Waals surface area contributed by atoms with Gasteiger partial charge >= 0.3 is 5.97 Å². The van der Waals surface area contributed by atoms with Crippen LogP contribution in [0.15, 0.2) is 18.3 Å². The Hall–Kier alpha value is -1.91. The van der Waals surface area contributed by atoms with E-state index in [0.717, 1.165) is 0 Å². The van der Waals surface area contributed by atoms with Crippen LogP contribution in [0.3, 0.4) is 0 Å². The summed E-state index contributed by atoms with van der Waals surface area (Å²) in [5, 5.41) is 8.68. The predicted molar refractivity (Wildman–Crippen MR) is 63.0 cm³/mol. The topological polar surface area (TPSA) is 70.5 Å². The summed E-state index contributed by atoms with van der Waals surface area (Å²) in [7, 11) is 1.72. The molecule has 0 spiro atoms. The minimum Gasteiger partial charge on any atom is -0.477 e. The molecule has 5 nitrogen and oxygen atoms in total. The summed E-state index contributed by atoms with van der Waals surface area (Å²) in [4.78, 5) is 27.8. The Morgan fingerprint density at radius 3 is 2.47 bits per heavy atom. The number of hydrogen-bond donors (Lipinski definition) is 1. The van der Waals surface area contributed by atoms with Crippen molar-refractivity contribution in [3.63, 3.8) is 0 Å². The van der Waals surface area contributed by atoms with Gasteiger partial charge in [0.25, 0.3) is 5.91 Å². The van der Waals surface area contributed by atoms with Crippen LogP contribution in [-0.2, 0) is 0 Å². The molecule has 1 amide bonds. The molecular formula is C12H16N2O3. The third kappa shape index (κ3) is 3.55. The van der Waals surface area contributed by atoms with Crippen molar-refractivity contribution < 1.29 is 14.7 Å². The maximum Gasteiger partial charge on any atom is 0.354 e. The van der Waals surface area contributed by atoms with Gasteiger partial charge in [0, 0.05) is 19.8 Å². The van der Waals surface area contributed by atoms with Crippen LogP contribution in [0.2, 0.25) is 0 Å². The van der Waals surface area contributed by atoms with Gasteiger partial charge in [-0.3, -0.25) is 4.79 Å². The third-order valence-electron chi connectivity index (χ3n) is 2.22. The fraction of sp³-hybridized carbons (Fsp3) is 0.417. The summed E-state index contributed by atoms with van der Waals surface area (Å²) < 4.78 is 0. The van der Waals surface area contributed by atoms with Crippen LogP contribution in [0.1, 0.15) is 34.7 Å². The maximum absolute atomic E-state index is 11.9. The number of carbonyl (C=O) groups is 2. The van der Waals surface area contributed by atoms with Crippen LogP contribution in [0.5, 0.6) is 0 Å². The van der Waals surface area contributed by atoms with E-state index in [1.165, 1.54) is 18.3 Å². The normalized spacial score (nSPS) is 10.4. The van der Waals surface area contributed by atoms with Gasteiger partial charge in [0.2, 0.25) is 0 Å². The van der Waals surface area contributed by atoms with Gasteiger partial charge in [0.15, 0.2) is 0 Å². The lowest BCUT2D eigenvalue weighted by Gasteiger charge is -2.19. The molecule has 1 aromatic rings. The number of carboxylic acids is 1. The van der Waals surface area contributed by atoms with Gasteiger partial charge in [-0.15, -0.1) is 0 Å². The van der Waals surface area contributed by atoms with Crippen LogP contribution in [-0.4, -0.2) is 40.5 Å². The zero-order valence-electron chi connectivity index (χ0n) is 10.2. The fourth-order valence-corrected chi connectivity index (χ4v) is 1.50. The van der Waals surface area contributed by atoms with Crippen molar-refractivity contribution in [3.8, 4) is 0 Å².